The van der Waals surface area contributed by atoms with E-state index in [-0.39, 0.29) is 11.1 Å². The topological polar surface area (TPSA) is 59.4 Å². The summed E-state index contributed by atoms with van der Waals surface area (Å²) in [4.78, 5) is 0. The molecule has 90 valence electrons. The molecule has 0 saturated carbocycles. The maximum absolute atomic E-state index is 10.3. The third kappa shape index (κ3) is 2.52. The lowest BCUT2D eigenvalue weighted by Crippen LogP contribution is -2.20. The Morgan fingerprint density at radius 3 is 2.47 bits per heavy atom. The largest absolute Gasteiger partial charge is 0.453 e. The average molecular weight is 252 g/mol. The van der Waals surface area contributed by atoms with Gasteiger partial charge in [0.25, 0.3) is 0 Å². The minimum atomic E-state index is -0.756. The van der Waals surface area contributed by atoms with Gasteiger partial charge in [-0.15, -0.1) is 0 Å². The number of hydrogen-bond acceptors (Lipinski definition) is 3. The van der Waals surface area contributed by atoms with Gasteiger partial charge in [0.05, 0.1) is 12.4 Å². The summed E-state index contributed by atoms with van der Waals surface area (Å²) in [7, 11) is 0. The molecule has 1 aromatic carbocycles. The van der Waals surface area contributed by atoms with Gasteiger partial charge in [-0.2, -0.15) is 0 Å². The fraction of sp³-hybridized carbons (Fsp3) is 0.231. The minimum absolute atomic E-state index is 0.189. The molecule has 1 heterocycles. The van der Waals surface area contributed by atoms with Crippen molar-refractivity contribution >= 4 is 11.6 Å². The molecule has 1 aromatic heterocycles. The van der Waals surface area contributed by atoms with Crippen molar-refractivity contribution in [1.29, 1.82) is 0 Å². The van der Waals surface area contributed by atoms with Crippen LogP contribution < -0.4 is 5.73 Å². The van der Waals surface area contributed by atoms with Gasteiger partial charge in [0.2, 0.25) is 0 Å². The molecule has 0 saturated heterocycles. The van der Waals surface area contributed by atoms with Crippen molar-refractivity contribution in [3.63, 3.8) is 0 Å². The van der Waals surface area contributed by atoms with Crippen LogP contribution in [0.4, 0.5) is 0 Å². The van der Waals surface area contributed by atoms with Gasteiger partial charge >= 0.3 is 0 Å². The number of hydrogen-bond donors (Lipinski definition) is 2. The fourth-order valence-corrected chi connectivity index (χ4v) is 2.11. The second kappa shape index (κ2) is 5.36. The third-order valence-electron chi connectivity index (χ3n) is 2.83. The highest BCUT2D eigenvalue weighted by molar-refractivity contribution is 6.29. The smallest absolute Gasteiger partial charge is 0.198 e. The molecule has 0 amide bonds. The number of aliphatic hydroxyl groups excluding tert-OH is 1. The van der Waals surface area contributed by atoms with Crippen molar-refractivity contribution < 1.29 is 9.52 Å². The van der Waals surface area contributed by atoms with E-state index < -0.39 is 6.10 Å². The molecular formula is C13H14ClNO2. The van der Waals surface area contributed by atoms with E-state index in [9.17, 15) is 5.11 Å². The van der Waals surface area contributed by atoms with Gasteiger partial charge in [-0.1, -0.05) is 30.3 Å². The molecule has 4 heteroatoms. The maximum atomic E-state index is 10.3. The molecule has 3 nitrogen and oxygen atoms in total. The molecule has 3 N–H and O–H groups in total. The zero-order valence-electron chi connectivity index (χ0n) is 9.21. The Balaban J connectivity index is 2.28. The van der Waals surface area contributed by atoms with Crippen molar-refractivity contribution in [2.75, 3.05) is 6.54 Å². The molecule has 2 unspecified atom stereocenters. The van der Waals surface area contributed by atoms with Crippen LogP contribution in [-0.4, -0.2) is 11.7 Å². The molecular weight excluding hydrogens is 238 g/mol. The van der Waals surface area contributed by atoms with E-state index in [0.29, 0.717) is 12.1 Å². The lowest BCUT2D eigenvalue weighted by molar-refractivity contribution is 0.147. The fourth-order valence-electron chi connectivity index (χ4n) is 1.88. The van der Waals surface area contributed by atoms with Gasteiger partial charge in [-0.3, -0.25) is 0 Å². The van der Waals surface area contributed by atoms with Crippen LogP contribution in [0.2, 0.25) is 5.22 Å². The molecule has 17 heavy (non-hydrogen) atoms. The monoisotopic (exact) mass is 251 g/mol. The summed E-state index contributed by atoms with van der Waals surface area (Å²) in [6.07, 6.45) is 0.702. The second-order valence-electron chi connectivity index (χ2n) is 3.85. The van der Waals surface area contributed by atoms with Gasteiger partial charge in [0, 0.05) is 18.0 Å². The van der Waals surface area contributed by atoms with E-state index in [1.54, 1.807) is 6.07 Å². The highest BCUT2D eigenvalue weighted by atomic mass is 35.5. The Kier molecular flexibility index (Phi) is 3.84. The number of aliphatic hydroxyl groups is 1. The SMILES string of the molecule is NCC(c1ccccc1)C(O)c1ccoc1Cl. The van der Waals surface area contributed by atoms with Gasteiger partial charge in [0.15, 0.2) is 5.22 Å². The van der Waals surface area contributed by atoms with E-state index in [1.165, 1.54) is 6.26 Å². The van der Waals surface area contributed by atoms with E-state index >= 15 is 0 Å². The van der Waals surface area contributed by atoms with Crippen LogP contribution in [0.1, 0.15) is 23.1 Å². The van der Waals surface area contributed by atoms with Gasteiger partial charge in [-0.25, -0.2) is 0 Å². The van der Waals surface area contributed by atoms with Gasteiger partial charge in [0.1, 0.15) is 0 Å². The Morgan fingerprint density at radius 2 is 1.94 bits per heavy atom. The van der Waals surface area contributed by atoms with Crippen molar-refractivity contribution in [1.82, 2.24) is 0 Å². The Labute approximate surface area is 105 Å². The van der Waals surface area contributed by atoms with Crippen LogP contribution in [-0.2, 0) is 0 Å². The summed E-state index contributed by atoms with van der Waals surface area (Å²) in [5.41, 5.74) is 7.29. The Morgan fingerprint density at radius 1 is 1.24 bits per heavy atom. The van der Waals surface area contributed by atoms with Crippen LogP contribution in [0.15, 0.2) is 47.1 Å². The summed E-state index contributed by atoms with van der Waals surface area (Å²) in [5, 5.41) is 10.5. The lowest BCUT2D eigenvalue weighted by atomic mass is 9.90. The first kappa shape index (κ1) is 12.2. The molecule has 0 radical (unpaired) electrons. The third-order valence-corrected chi connectivity index (χ3v) is 3.13. The predicted molar refractivity (Wildman–Crippen MR) is 66.9 cm³/mol. The molecule has 0 bridgehead atoms. The zero-order chi connectivity index (χ0) is 12.3. The quantitative estimate of drug-likeness (QED) is 0.878. The number of halogens is 1. The number of nitrogens with two attached hydrogens (primary N) is 1. The zero-order valence-corrected chi connectivity index (χ0v) is 9.97. The van der Waals surface area contributed by atoms with Gasteiger partial charge in [-0.05, 0) is 23.2 Å². The molecule has 0 aliphatic carbocycles. The molecule has 2 atom stereocenters. The van der Waals surface area contributed by atoms with Crippen LogP contribution in [0.3, 0.4) is 0 Å². The maximum Gasteiger partial charge on any atom is 0.198 e. The van der Waals surface area contributed by atoms with Crippen molar-refractivity contribution in [3.05, 3.63) is 59.0 Å². The molecule has 0 aliphatic heterocycles. The number of benzene rings is 1. The minimum Gasteiger partial charge on any atom is -0.453 e. The summed E-state index contributed by atoms with van der Waals surface area (Å²) in [5.74, 6) is -0.189. The lowest BCUT2D eigenvalue weighted by Gasteiger charge is -2.21. The first-order chi connectivity index (χ1) is 8.24. The predicted octanol–water partition coefficient (Wildman–Crippen LogP) is 2.71. The summed E-state index contributed by atoms with van der Waals surface area (Å²) in [6, 6.07) is 11.3. The normalized spacial score (nSPS) is 14.5. The summed E-state index contributed by atoms with van der Waals surface area (Å²) in [6.45, 7) is 0.340. The van der Waals surface area contributed by atoms with Crippen molar-refractivity contribution in [3.8, 4) is 0 Å². The van der Waals surface area contributed by atoms with Crippen molar-refractivity contribution in [2.24, 2.45) is 5.73 Å². The molecule has 2 rings (SSSR count). The Bertz CT molecular complexity index is 469. The Hall–Kier alpha value is -1.29. The van der Waals surface area contributed by atoms with Crippen LogP contribution in [0.25, 0.3) is 0 Å². The summed E-state index contributed by atoms with van der Waals surface area (Å²) >= 11 is 5.86. The van der Waals surface area contributed by atoms with E-state index in [4.69, 9.17) is 21.8 Å². The van der Waals surface area contributed by atoms with Gasteiger partial charge < -0.3 is 15.3 Å². The van der Waals surface area contributed by atoms with Crippen LogP contribution >= 0.6 is 11.6 Å². The first-order valence-electron chi connectivity index (χ1n) is 5.40. The van der Waals surface area contributed by atoms with E-state index in [0.717, 1.165) is 5.56 Å². The van der Waals surface area contributed by atoms with Crippen LogP contribution in [0.5, 0.6) is 0 Å². The molecule has 2 aromatic rings. The number of furan rings is 1. The van der Waals surface area contributed by atoms with E-state index in [1.807, 2.05) is 30.3 Å². The molecule has 0 aliphatic rings. The molecule has 0 spiro atoms. The summed E-state index contributed by atoms with van der Waals surface area (Å²) < 4.78 is 4.98. The second-order valence-corrected chi connectivity index (χ2v) is 4.19. The standard InChI is InChI=1S/C13H14ClNO2/c14-13-10(6-7-17-13)12(16)11(8-15)9-4-2-1-3-5-9/h1-7,11-12,16H,8,15H2. The van der Waals surface area contributed by atoms with Crippen molar-refractivity contribution in [2.45, 2.75) is 12.0 Å². The highest BCUT2D eigenvalue weighted by Crippen LogP contribution is 2.34. The average Bonchev–Trinajstić information content (AvgIpc) is 2.77. The molecule has 0 fully saturated rings. The van der Waals surface area contributed by atoms with Crippen LogP contribution in [0, 0.1) is 0 Å². The highest BCUT2D eigenvalue weighted by Gasteiger charge is 2.24. The number of rotatable bonds is 4. The van der Waals surface area contributed by atoms with E-state index in [2.05, 4.69) is 0 Å². The first-order valence-corrected chi connectivity index (χ1v) is 5.77.